The smallest absolute Gasteiger partial charge is 0.226 e. The monoisotopic (exact) mass is 319 g/mol. The zero-order valence-corrected chi connectivity index (χ0v) is 13.5. The van der Waals surface area contributed by atoms with Crippen molar-refractivity contribution >= 4 is 18.6 Å². The second-order valence-electron chi connectivity index (χ2n) is 5.52. The third-order valence-corrected chi connectivity index (χ3v) is 3.68. The Labute approximate surface area is 137 Å². The van der Waals surface area contributed by atoms with Crippen LogP contribution in [0.25, 0.3) is 0 Å². The first-order valence-corrected chi connectivity index (χ1v) is 8.07. The van der Waals surface area contributed by atoms with E-state index in [1.54, 1.807) is 0 Å². The molecule has 1 N–H and O–H groups in total. The third kappa shape index (κ3) is 8.14. The molecule has 1 aromatic rings. The number of benzene rings is 1. The zero-order valence-electron chi connectivity index (χ0n) is 13.5. The average molecular weight is 319 g/mol. The molecule has 3 rings (SSSR count). The molecule has 1 saturated carbocycles. The summed E-state index contributed by atoms with van der Waals surface area (Å²) < 4.78 is 5.86. The predicted octanol–water partition coefficient (Wildman–Crippen LogP) is 3.03. The van der Waals surface area contributed by atoms with Crippen molar-refractivity contribution in [2.45, 2.75) is 57.5 Å². The van der Waals surface area contributed by atoms with Crippen LogP contribution in [0.5, 0.6) is 5.75 Å². The number of ether oxygens (including phenoxy) is 1. The molecule has 2 aliphatic rings. The first kappa shape index (κ1) is 18.9. The van der Waals surface area contributed by atoms with E-state index in [1.165, 1.54) is 32.1 Å². The number of piperidine rings is 1. The highest BCUT2D eigenvalue weighted by molar-refractivity contribution is 5.97. The number of rotatable bonds is 2. The number of carbonyl (C=O) groups excluding carboxylic acids is 3. The molecule has 0 spiro atoms. The highest BCUT2D eigenvalue weighted by Gasteiger charge is 2.14. The minimum atomic E-state index is -0.138. The molecule has 2 fully saturated rings. The molecule has 0 aromatic heterocycles. The van der Waals surface area contributed by atoms with Gasteiger partial charge in [0.1, 0.15) is 12.5 Å². The number of carbonyl (C=O) groups is 3. The molecule has 0 unspecified atom stereocenters. The summed E-state index contributed by atoms with van der Waals surface area (Å²) in [4.78, 5) is 28.7. The lowest BCUT2D eigenvalue weighted by Crippen LogP contribution is -2.33. The van der Waals surface area contributed by atoms with Crippen LogP contribution in [0, 0.1) is 0 Å². The Morgan fingerprint density at radius 2 is 1.43 bits per heavy atom. The van der Waals surface area contributed by atoms with E-state index in [4.69, 9.17) is 9.53 Å². The largest absolute Gasteiger partial charge is 0.490 e. The second-order valence-corrected chi connectivity index (χ2v) is 5.52. The molecule has 1 aromatic carbocycles. The molecule has 0 radical (unpaired) electrons. The van der Waals surface area contributed by atoms with Gasteiger partial charge < -0.3 is 9.53 Å². The lowest BCUT2D eigenvalue weighted by Gasteiger charge is -2.22. The maximum absolute atomic E-state index is 10.3. The number of imide groups is 1. The first-order chi connectivity index (χ1) is 11.2. The first-order valence-electron chi connectivity index (χ1n) is 8.07. The van der Waals surface area contributed by atoms with Gasteiger partial charge in [0.15, 0.2) is 0 Å². The molecule has 5 heteroatoms. The molecule has 1 saturated heterocycles. The summed E-state index contributed by atoms with van der Waals surface area (Å²) in [5.41, 5.74) is 0. The van der Waals surface area contributed by atoms with Gasteiger partial charge in [-0.1, -0.05) is 24.6 Å². The minimum Gasteiger partial charge on any atom is -0.490 e. The number of hydrogen-bond donors (Lipinski definition) is 1. The maximum Gasteiger partial charge on any atom is 0.226 e. The van der Waals surface area contributed by atoms with Gasteiger partial charge in [-0.2, -0.15) is 0 Å². The van der Waals surface area contributed by atoms with Gasteiger partial charge in [-0.3, -0.25) is 14.9 Å². The van der Waals surface area contributed by atoms with Crippen LogP contribution in [0.4, 0.5) is 0 Å². The van der Waals surface area contributed by atoms with Gasteiger partial charge in [-0.15, -0.1) is 0 Å². The molecule has 0 atom stereocenters. The van der Waals surface area contributed by atoms with Crippen molar-refractivity contribution in [3.8, 4) is 5.75 Å². The summed E-state index contributed by atoms with van der Waals surface area (Å²) in [5, 5.41) is 2.20. The lowest BCUT2D eigenvalue weighted by molar-refractivity contribution is -0.133. The van der Waals surface area contributed by atoms with Crippen LogP contribution in [0.3, 0.4) is 0 Å². The second kappa shape index (κ2) is 11.4. The van der Waals surface area contributed by atoms with Crippen molar-refractivity contribution < 1.29 is 19.1 Å². The predicted molar refractivity (Wildman–Crippen MR) is 88.1 cm³/mol. The Bertz CT molecular complexity index is 455. The number of para-hydroxylation sites is 1. The average Bonchev–Trinajstić information content (AvgIpc) is 2.59. The summed E-state index contributed by atoms with van der Waals surface area (Å²) in [7, 11) is 0. The summed E-state index contributed by atoms with van der Waals surface area (Å²) >= 11 is 0. The fraction of sp³-hybridized carbons (Fsp3) is 0.500. The molecule has 5 nitrogen and oxygen atoms in total. The zero-order chi connectivity index (χ0) is 16.9. The molecular formula is C18H25NO4. The number of nitrogens with one attached hydrogen (secondary N) is 1. The summed E-state index contributed by atoms with van der Waals surface area (Å²) in [6.45, 7) is 2.00. The van der Waals surface area contributed by atoms with E-state index in [9.17, 15) is 9.59 Å². The highest BCUT2D eigenvalue weighted by atomic mass is 16.5. The van der Waals surface area contributed by atoms with E-state index >= 15 is 0 Å². The van der Waals surface area contributed by atoms with E-state index in [-0.39, 0.29) is 11.8 Å². The molecule has 1 aliphatic carbocycles. The topological polar surface area (TPSA) is 72.5 Å². The summed E-state index contributed by atoms with van der Waals surface area (Å²) in [5.74, 6) is 0.747. The molecule has 1 aliphatic heterocycles. The van der Waals surface area contributed by atoms with Gasteiger partial charge in [0.05, 0.1) is 6.10 Å². The van der Waals surface area contributed by atoms with Gasteiger partial charge in [0, 0.05) is 12.8 Å². The van der Waals surface area contributed by atoms with E-state index in [0.29, 0.717) is 25.4 Å². The fourth-order valence-electron chi connectivity index (χ4n) is 2.56. The van der Waals surface area contributed by atoms with Crippen molar-refractivity contribution in [3.05, 3.63) is 30.3 Å². The van der Waals surface area contributed by atoms with Crippen LogP contribution < -0.4 is 10.1 Å². The minimum absolute atomic E-state index is 0.138. The molecule has 1 heterocycles. The van der Waals surface area contributed by atoms with E-state index < -0.39 is 0 Å². The van der Waals surface area contributed by atoms with Crippen molar-refractivity contribution in [1.82, 2.24) is 5.32 Å². The number of hydrogen-bond acceptors (Lipinski definition) is 4. The van der Waals surface area contributed by atoms with Crippen LogP contribution in [-0.2, 0) is 14.4 Å². The number of amides is 2. The Kier molecular flexibility index (Phi) is 9.36. The molecule has 0 bridgehead atoms. The quantitative estimate of drug-likeness (QED) is 0.851. The van der Waals surface area contributed by atoms with E-state index in [2.05, 4.69) is 5.32 Å². The van der Waals surface area contributed by atoms with Crippen LogP contribution in [0.1, 0.15) is 51.4 Å². The van der Waals surface area contributed by atoms with E-state index in [1.807, 2.05) is 37.1 Å². The summed E-state index contributed by atoms with van der Waals surface area (Å²) in [6, 6.07) is 10.1. The third-order valence-electron chi connectivity index (χ3n) is 3.68. The standard InChI is InChI=1S/C12H16O.C5H7NO2.CH2O/c1-3-7-11(8-4-1)13-12-9-5-2-6-10-12;7-4-2-1-3-5(8)6-4;1-2/h1,3-4,7-8,12H,2,5-6,9-10H2;1-3H2,(H,6,7,8);1H2. The molecule has 23 heavy (non-hydrogen) atoms. The van der Waals surface area contributed by atoms with Crippen molar-refractivity contribution in [2.24, 2.45) is 0 Å². The maximum atomic E-state index is 10.3. The van der Waals surface area contributed by atoms with Crippen LogP contribution in [-0.4, -0.2) is 24.7 Å². The SMILES string of the molecule is C=O.O=C1CCCC(=O)N1.c1ccc(OC2CCCCC2)cc1. The van der Waals surface area contributed by atoms with Gasteiger partial charge in [-0.25, -0.2) is 0 Å². The van der Waals surface area contributed by atoms with Gasteiger partial charge in [-0.05, 0) is 44.2 Å². The Hall–Kier alpha value is -2.17. The highest BCUT2D eigenvalue weighted by Crippen LogP contribution is 2.22. The van der Waals surface area contributed by atoms with Crippen molar-refractivity contribution in [3.63, 3.8) is 0 Å². The Morgan fingerprint density at radius 3 is 1.91 bits per heavy atom. The Balaban J connectivity index is 0.000000228. The van der Waals surface area contributed by atoms with Gasteiger partial charge in [0.2, 0.25) is 11.8 Å². The van der Waals surface area contributed by atoms with Crippen LogP contribution >= 0.6 is 0 Å². The molecule has 126 valence electrons. The van der Waals surface area contributed by atoms with Gasteiger partial charge >= 0.3 is 0 Å². The molecular weight excluding hydrogens is 294 g/mol. The lowest BCUT2D eigenvalue weighted by atomic mass is 9.98. The van der Waals surface area contributed by atoms with Crippen LogP contribution in [0.15, 0.2) is 30.3 Å². The fourth-order valence-corrected chi connectivity index (χ4v) is 2.56. The Morgan fingerprint density at radius 1 is 0.870 bits per heavy atom. The summed E-state index contributed by atoms with van der Waals surface area (Å²) in [6.07, 6.45) is 8.70. The molecule has 2 amide bonds. The van der Waals surface area contributed by atoms with E-state index in [0.717, 1.165) is 5.75 Å². The normalized spacial score (nSPS) is 17.7. The van der Waals surface area contributed by atoms with Crippen LogP contribution in [0.2, 0.25) is 0 Å². The van der Waals surface area contributed by atoms with Crippen molar-refractivity contribution in [2.75, 3.05) is 0 Å². The van der Waals surface area contributed by atoms with Gasteiger partial charge in [0.25, 0.3) is 0 Å². The van der Waals surface area contributed by atoms with Crippen molar-refractivity contribution in [1.29, 1.82) is 0 Å².